The molecule has 0 fully saturated rings. The van der Waals surface area contributed by atoms with E-state index in [1.165, 1.54) is 0 Å². The van der Waals surface area contributed by atoms with Crippen LogP contribution in [0.2, 0.25) is 0 Å². The molecular weight excluding hydrogens is 116 g/mol. The van der Waals surface area contributed by atoms with Gasteiger partial charge in [0.05, 0.1) is 0 Å². The lowest BCUT2D eigenvalue weighted by Gasteiger charge is -2.09. The van der Waals surface area contributed by atoms with Crippen LogP contribution in [0.5, 0.6) is 0 Å². The smallest absolute Gasteiger partial charge is 0.0316 e. The first-order valence-corrected chi connectivity index (χ1v) is 3.07. The topological polar surface area (TPSA) is 0 Å². The predicted molar refractivity (Wildman–Crippen MR) is 39.7 cm³/mol. The molecule has 0 aliphatic carbocycles. The van der Waals surface area contributed by atoms with E-state index in [0.717, 1.165) is 6.42 Å². The third-order valence-corrected chi connectivity index (χ3v) is 0.835. The number of rotatable bonds is 1. The third kappa shape index (κ3) is 5.91. The molecule has 0 N–H and O–H groups in total. The molecule has 0 saturated carbocycles. The van der Waals surface area contributed by atoms with E-state index < -0.39 is 0 Å². The fourth-order valence-electron chi connectivity index (χ4n) is 0.301. The maximum absolute atomic E-state index is 5.05. The van der Waals surface area contributed by atoms with Crippen LogP contribution in [0.25, 0.3) is 0 Å². The molecule has 0 saturated heterocycles. The first kappa shape index (κ1) is 7.91. The Morgan fingerprint density at radius 2 is 2.00 bits per heavy atom. The molecular formula is C7H11S. The second-order valence-electron chi connectivity index (χ2n) is 2.36. The van der Waals surface area contributed by atoms with Crippen LogP contribution < -0.4 is 0 Å². The number of hydrogen-bond acceptors (Lipinski definition) is 0. The van der Waals surface area contributed by atoms with Crippen molar-refractivity contribution < 1.29 is 0 Å². The molecule has 0 heterocycles. The lowest BCUT2D eigenvalue weighted by molar-refractivity contribution is 0.747. The van der Waals surface area contributed by atoms with Crippen molar-refractivity contribution in [3.63, 3.8) is 0 Å². The molecule has 0 unspecified atom stereocenters. The predicted octanol–water partition coefficient (Wildman–Crippen LogP) is 2.38. The molecule has 0 aliphatic rings. The highest BCUT2D eigenvalue weighted by atomic mass is 32.1. The van der Waals surface area contributed by atoms with Gasteiger partial charge in [0.15, 0.2) is 0 Å². The van der Waals surface area contributed by atoms with Gasteiger partial charge in [0.25, 0.3) is 0 Å². The van der Waals surface area contributed by atoms with Crippen molar-refractivity contribution in [1.29, 1.82) is 0 Å². The average Bonchev–Trinajstić information content (AvgIpc) is 1.59. The Hall–Kier alpha value is -0.0900. The summed E-state index contributed by atoms with van der Waals surface area (Å²) in [6.07, 6.45) is 0.818. The van der Waals surface area contributed by atoms with Gasteiger partial charge in [-0.05, 0) is 20.8 Å². The quantitative estimate of drug-likeness (QED) is 0.474. The largest absolute Gasteiger partial charge is 0.107 e. The van der Waals surface area contributed by atoms with Crippen LogP contribution in [0.15, 0.2) is 0 Å². The minimum atomic E-state index is -0.0387. The van der Waals surface area contributed by atoms with Gasteiger partial charge >= 0.3 is 0 Å². The highest BCUT2D eigenvalue weighted by Crippen LogP contribution is 2.14. The second-order valence-corrected chi connectivity index (χ2v) is 3.47. The van der Waals surface area contributed by atoms with E-state index >= 15 is 0 Å². The first-order chi connectivity index (χ1) is 3.56. The summed E-state index contributed by atoms with van der Waals surface area (Å²) in [5, 5.41) is 0. The normalized spacial score (nSPS) is 10.0. The maximum atomic E-state index is 5.05. The highest BCUT2D eigenvalue weighted by molar-refractivity contribution is 7.81. The van der Waals surface area contributed by atoms with Crippen LogP contribution in [0.4, 0.5) is 0 Å². The van der Waals surface area contributed by atoms with Gasteiger partial charge in [-0.15, -0.1) is 11.8 Å². The summed E-state index contributed by atoms with van der Waals surface area (Å²) in [6.45, 7) is 5.85. The van der Waals surface area contributed by atoms with Crippen molar-refractivity contribution in [3.05, 3.63) is 0 Å². The lowest BCUT2D eigenvalue weighted by Crippen LogP contribution is -2.07. The van der Waals surface area contributed by atoms with Crippen LogP contribution in [0.1, 0.15) is 27.2 Å². The molecule has 1 radical (unpaired) electrons. The molecule has 0 rings (SSSR count). The summed E-state index contributed by atoms with van der Waals surface area (Å²) in [5.41, 5.74) is 0. The summed E-state index contributed by atoms with van der Waals surface area (Å²) >= 11 is 5.05. The Bertz CT molecular complexity index is 109. The van der Waals surface area contributed by atoms with Gasteiger partial charge in [0.2, 0.25) is 0 Å². The van der Waals surface area contributed by atoms with Crippen LogP contribution in [-0.4, -0.2) is 4.75 Å². The van der Waals surface area contributed by atoms with E-state index in [1.54, 1.807) is 0 Å². The van der Waals surface area contributed by atoms with E-state index in [-0.39, 0.29) is 4.75 Å². The van der Waals surface area contributed by atoms with E-state index in [0.29, 0.717) is 0 Å². The van der Waals surface area contributed by atoms with E-state index in [9.17, 15) is 0 Å². The van der Waals surface area contributed by atoms with Crippen molar-refractivity contribution in [2.75, 3.05) is 0 Å². The Kier molecular flexibility index (Phi) is 3.01. The zero-order chi connectivity index (χ0) is 6.62. The van der Waals surface area contributed by atoms with Crippen LogP contribution in [-0.2, 0) is 0 Å². The standard InChI is InChI=1S/C7H11S/c1-4-5-6-7(2,3)8/h6H2,1-3H3. The molecule has 0 bridgehead atoms. The minimum absolute atomic E-state index is 0.0387. The molecule has 1 heteroatoms. The molecule has 0 aromatic heterocycles. The van der Waals surface area contributed by atoms with Crippen molar-refractivity contribution in [3.8, 4) is 11.8 Å². The summed E-state index contributed by atoms with van der Waals surface area (Å²) in [5.74, 6) is 5.74. The summed E-state index contributed by atoms with van der Waals surface area (Å²) in [7, 11) is 0. The van der Waals surface area contributed by atoms with Gasteiger partial charge in [-0.1, -0.05) is 12.6 Å². The van der Waals surface area contributed by atoms with Crippen LogP contribution in [0.3, 0.4) is 0 Å². The number of hydrogen-bond donors (Lipinski definition) is 0. The summed E-state index contributed by atoms with van der Waals surface area (Å²) < 4.78 is -0.0387. The fourth-order valence-corrected chi connectivity index (χ4v) is 0.373. The zero-order valence-electron chi connectivity index (χ0n) is 5.62. The van der Waals surface area contributed by atoms with Gasteiger partial charge in [0, 0.05) is 11.2 Å². The zero-order valence-corrected chi connectivity index (χ0v) is 6.43. The molecule has 0 spiro atoms. The van der Waals surface area contributed by atoms with Crippen molar-refractivity contribution in [2.45, 2.75) is 31.9 Å². The first-order valence-electron chi connectivity index (χ1n) is 2.66. The second kappa shape index (κ2) is 3.04. The Morgan fingerprint density at radius 3 is 2.12 bits per heavy atom. The van der Waals surface area contributed by atoms with Gasteiger partial charge in [-0.3, -0.25) is 0 Å². The molecule has 45 valence electrons. The Morgan fingerprint density at radius 1 is 1.50 bits per heavy atom. The summed E-state index contributed by atoms with van der Waals surface area (Å²) in [6, 6.07) is 0. The van der Waals surface area contributed by atoms with Crippen molar-refractivity contribution in [2.24, 2.45) is 0 Å². The van der Waals surface area contributed by atoms with Gasteiger partial charge in [-0.25, -0.2) is 0 Å². The van der Waals surface area contributed by atoms with Gasteiger partial charge < -0.3 is 0 Å². The van der Waals surface area contributed by atoms with Crippen molar-refractivity contribution in [1.82, 2.24) is 0 Å². The molecule has 8 heavy (non-hydrogen) atoms. The molecule has 0 aromatic rings. The molecule has 0 nitrogen and oxygen atoms in total. The third-order valence-electron chi connectivity index (χ3n) is 0.691. The van der Waals surface area contributed by atoms with Crippen LogP contribution in [0, 0.1) is 11.8 Å². The summed E-state index contributed by atoms with van der Waals surface area (Å²) in [4.78, 5) is 0. The minimum Gasteiger partial charge on any atom is -0.107 e. The van der Waals surface area contributed by atoms with E-state index in [2.05, 4.69) is 11.8 Å². The SMILES string of the molecule is CC#CCC(C)(C)[S]. The molecule has 0 atom stereocenters. The maximum Gasteiger partial charge on any atom is 0.0316 e. The van der Waals surface area contributed by atoms with Crippen LogP contribution >= 0.6 is 12.6 Å². The van der Waals surface area contributed by atoms with E-state index in [1.807, 2.05) is 20.8 Å². The fraction of sp³-hybridized carbons (Fsp3) is 0.714. The van der Waals surface area contributed by atoms with E-state index in [4.69, 9.17) is 12.6 Å². The highest BCUT2D eigenvalue weighted by Gasteiger charge is 2.08. The average molecular weight is 127 g/mol. The van der Waals surface area contributed by atoms with Crippen molar-refractivity contribution >= 4 is 12.6 Å². The molecule has 0 amide bonds. The monoisotopic (exact) mass is 127 g/mol. The Balaban J connectivity index is 3.50. The lowest BCUT2D eigenvalue weighted by atomic mass is 10.1. The van der Waals surface area contributed by atoms with Gasteiger partial charge in [0.1, 0.15) is 0 Å². The van der Waals surface area contributed by atoms with Gasteiger partial charge in [-0.2, -0.15) is 0 Å². The molecule has 0 aromatic carbocycles. The Labute approximate surface area is 57.1 Å². The molecule has 0 aliphatic heterocycles.